The fraction of sp³-hybridized carbons (Fsp3) is 0.533. The van der Waals surface area contributed by atoms with Gasteiger partial charge in [0.1, 0.15) is 5.75 Å². The summed E-state index contributed by atoms with van der Waals surface area (Å²) in [5, 5.41) is 3.08. The Kier molecular flexibility index (Phi) is 3.69. The van der Waals surface area contributed by atoms with Gasteiger partial charge in [-0.2, -0.15) is 0 Å². The van der Waals surface area contributed by atoms with E-state index < -0.39 is 0 Å². The van der Waals surface area contributed by atoms with Crippen LogP contribution in [0.5, 0.6) is 5.75 Å². The number of hydrogen-bond acceptors (Lipinski definition) is 3. The SMILES string of the molecule is CCOc1cc(N)cc(C(=O)NC(C)(C)C2CC2)c1. The van der Waals surface area contributed by atoms with Crippen LogP contribution in [0.25, 0.3) is 0 Å². The van der Waals surface area contributed by atoms with Crippen LogP contribution >= 0.6 is 0 Å². The summed E-state index contributed by atoms with van der Waals surface area (Å²) < 4.78 is 5.41. The molecule has 1 aromatic carbocycles. The average Bonchev–Trinajstić information content (AvgIpc) is 3.11. The zero-order valence-electron chi connectivity index (χ0n) is 11.8. The van der Waals surface area contributed by atoms with Crippen molar-refractivity contribution in [2.45, 2.75) is 39.2 Å². The Morgan fingerprint density at radius 1 is 1.42 bits per heavy atom. The van der Waals surface area contributed by atoms with E-state index in [1.54, 1.807) is 18.2 Å². The van der Waals surface area contributed by atoms with Gasteiger partial charge in [-0.25, -0.2) is 0 Å². The molecule has 1 saturated carbocycles. The Morgan fingerprint density at radius 2 is 2.11 bits per heavy atom. The van der Waals surface area contributed by atoms with Crippen molar-refractivity contribution >= 4 is 11.6 Å². The molecule has 4 heteroatoms. The lowest BCUT2D eigenvalue weighted by atomic mass is 9.98. The fourth-order valence-corrected chi connectivity index (χ4v) is 2.28. The molecular weight excluding hydrogens is 240 g/mol. The Balaban J connectivity index is 2.13. The van der Waals surface area contributed by atoms with E-state index in [0.717, 1.165) is 0 Å². The van der Waals surface area contributed by atoms with Crippen molar-refractivity contribution in [2.24, 2.45) is 5.92 Å². The van der Waals surface area contributed by atoms with E-state index in [9.17, 15) is 4.79 Å². The van der Waals surface area contributed by atoms with Gasteiger partial charge in [0.15, 0.2) is 0 Å². The third kappa shape index (κ3) is 3.40. The van der Waals surface area contributed by atoms with Crippen LogP contribution in [0.4, 0.5) is 5.69 Å². The number of hydrogen-bond donors (Lipinski definition) is 2. The van der Waals surface area contributed by atoms with Gasteiger partial charge < -0.3 is 15.8 Å². The van der Waals surface area contributed by atoms with Gasteiger partial charge in [-0.3, -0.25) is 4.79 Å². The van der Waals surface area contributed by atoms with Crippen molar-refractivity contribution in [3.05, 3.63) is 23.8 Å². The van der Waals surface area contributed by atoms with Gasteiger partial charge in [0.2, 0.25) is 0 Å². The largest absolute Gasteiger partial charge is 0.494 e. The van der Waals surface area contributed by atoms with Crippen LogP contribution in [-0.2, 0) is 0 Å². The summed E-state index contributed by atoms with van der Waals surface area (Å²) in [6.07, 6.45) is 2.38. The van der Waals surface area contributed by atoms with E-state index in [4.69, 9.17) is 10.5 Å². The third-order valence-electron chi connectivity index (χ3n) is 3.54. The lowest BCUT2D eigenvalue weighted by Crippen LogP contribution is -2.45. The summed E-state index contributed by atoms with van der Waals surface area (Å²) in [7, 11) is 0. The highest BCUT2D eigenvalue weighted by Gasteiger charge is 2.38. The Morgan fingerprint density at radius 3 is 2.68 bits per heavy atom. The zero-order chi connectivity index (χ0) is 14.0. The summed E-state index contributed by atoms with van der Waals surface area (Å²) in [5.74, 6) is 1.13. The molecule has 0 bridgehead atoms. The van der Waals surface area contributed by atoms with Crippen molar-refractivity contribution < 1.29 is 9.53 Å². The molecule has 0 heterocycles. The summed E-state index contributed by atoms with van der Waals surface area (Å²) in [6, 6.07) is 5.14. The van der Waals surface area contributed by atoms with Crippen LogP contribution in [0.1, 0.15) is 44.0 Å². The molecule has 1 aromatic rings. The molecule has 1 aliphatic carbocycles. The molecule has 4 nitrogen and oxygen atoms in total. The van der Waals surface area contributed by atoms with Gasteiger partial charge in [0.25, 0.3) is 5.91 Å². The number of carbonyl (C=O) groups excluding carboxylic acids is 1. The number of anilines is 1. The van der Waals surface area contributed by atoms with Gasteiger partial charge in [-0.15, -0.1) is 0 Å². The highest BCUT2D eigenvalue weighted by atomic mass is 16.5. The van der Waals surface area contributed by atoms with Crippen LogP contribution in [0, 0.1) is 5.92 Å². The topological polar surface area (TPSA) is 64.3 Å². The fourth-order valence-electron chi connectivity index (χ4n) is 2.28. The van der Waals surface area contributed by atoms with E-state index >= 15 is 0 Å². The number of carbonyl (C=O) groups is 1. The molecule has 0 radical (unpaired) electrons. The molecule has 1 amide bonds. The summed E-state index contributed by atoms with van der Waals surface area (Å²) in [4.78, 5) is 12.3. The number of amides is 1. The highest BCUT2D eigenvalue weighted by molar-refractivity contribution is 5.96. The molecule has 1 fully saturated rings. The molecule has 1 aliphatic rings. The molecule has 0 atom stereocenters. The van der Waals surface area contributed by atoms with Gasteiger partial charge >= 0.3 is 0 Å². The normalized spacial score (nSPS) is 15.1. The molecule has 2 rings (SSSR count). The Bertz CT molecular complexity index is 479. The lowest BCUT2D eigenvalue weighted by molar-refractivity contribution is 0.0903. The summed E-state index contributed by atoms with van der Waals surface area (Å²) in [5.41, 5.74) is 6.74. The quantitative estimate of drug-likeness (QED) is 0.802. The molecule has 0 saturated heterocycles. The predicted molar refractivity (Wildman–Crippen MR) is 76.3 cm³/mol. The minimum atomic E-state index is -0.159. The highest BCUT2D eigenvalue weighted by Crippen LogP contribution is 2.39. The second kappa shape index (κ2) is 5.11. The van der Waals surface area contributed by atoms with Crippen LogP contribution < -0.4 is 15.8 Å². The number of ether oxygens (including phenoxy) is 1. The van der Waals surface area contributed by atoms with Crippen LogP contribution in [-0.4, -0.2) is 18.1 Å². The first-order valence-corrected chi connectivity index (χ1v) is 6.78. The van der Waals surface area contributed by atoms with Gasteiger partial charge in [-0.1, -0.05) is 0 Å². The molecule has 0 unspecified atom stereocenters. The first-order chi connectivity index (χ1) is 8.92. The minimum Gasteiger partial charge on any atom is -0.494 e. The maximum atomic E-state index is 12.3. The van der Waals surface area contributed by atoms with Crippen molar-refractivity contribution in [3.8, 4) is 5.75 Å². The maximum absolute atomic E-state index is 12.3. The van der Waals surface area contributed by atoms with E-state index in [1.807, 2.05) is 6.92 Å². The lowest BCUT2D eigenvalue weighted by Gasteiger charge is -2.26. The number of benzene rings is 1. The van der Waals surface area contributed by atoms with Crippen molar-refractivity contribution in [1.82, 2.24) is 5.32 Å². The molecule has 19 heavy (non-hydrogen) atoms. The van der Waals surface area contributed by atoms with Gasteiger partial charge in [0.05, 0.1) is 6.61 Å². The Hall–Kier alpha value is -1.71. The smallest absolute Gasteiger partial charge is 0.251 e. The predicted octanol–water partition coefficient (Wildman–Crippen LogP) is 2.59. The van der Waals surface area contributed by atoms with Crippen LogP contribution in [0.3, 0.4) is 0 Å². The third-order valence-corrected chi connectivity index (χ3v) is 3.54. The van der Waals surface area contributed by atoms with E-state index in [-0.39, 0.29) is 11.4 Å². The van der Waals surface area contributed by atoms with E-state index in [0.29, 0.717) is 29.5 Å². The molecule has 104 valence electrons. The zero-order valence-corrected chi connectivity index (χ0v) is 11.8. The van der Waals surface area contributed by atoms with Gasteiger partial charge in [0, 0.05) is 22.9 Å². The molecule has 0 spiro atoms. The van der Waals surface area contributed by atoms with Crippen molar-refractivity contribution in [2.75, 3.05) is 12.3 Å². The number of nitrogen functional groups attached to an aromatic ring is 1. The number of rotatable bonds is 5. The minimum absolute atomic E-state index is 0.0925. The molecule has 3 N–H and O–H groups in total. The van der Waals surface area contributed by atoms with E-state index in [2.05, 4.69) is 19.2 Å². The monoisotopic (exact) mass is 262 g/mol. The number of nitrogens with one attached hydrogen (secondary N) is 1. The second-order valence-corrected chi connectivity index (χ2v) is 5.67. The molecule has 0 aromatic heterocycles. The molecule has 0 aliphatic heterocycles. The van der Waals surface area contributed by atoms with Crippen molar-refractivity contribution in [1.29, 1.82) is 0 Å². The maximum Gasteiger partial charge on any atom is 0.251 e. The van der Waals surface area contributed by atoms with E-state index in [1.165, 1.54) is 12.8 Å². The van der Waals surface area contributed by atoms with Crippen LogP contribution in [0.15, 0.2) is 18.2 Å². The standard InChI is InChI=1S/C15H22N2O2/c1-4-19-13-8-10(7-12(16)9-13)14(18)17-15(2,3)11-5-6-11/h7-9,11H,4-6,16H2,1-3H3,(H,17,18). The second-order valence-electron chi connectivity index (χ2n) is 5.67. The first-order valence-electron chi connectivity index (χ1n) is 6.78. The summed E-state index contributed by atoms with van der Waals surface area (Å²) >= 11 is 0. The average molecular weight is 262 g/mol. The Labute approximate surface area is 114 Å². The van der Waals surface area contributed by atoms with Gasteiger partial charge in [-0.05, 0) is 51.7 Å². The number of nitrogens with two attached hydrogens (primary N) is 1. The first kappa shape index (κ1) is 13.7. The summed E-state index contributed by atoms with van der Waals surface area (Å²) in [6.45, 7) is 6.59. The van der Waals surface area contributed by atoms with Crippen molar-refractivity contribution in [3.63, 3.8) is 0 Å². The molecular formula is C15H22N2O2. The van der Waals surface area contributed by atoms with Crippen LogP contribution in [0.2, 0.25) is 0 Å².